The Morgan fingerprint density at radius 2 is 2.25 bits per heavy atom. The van der Waals surface area contributed by atoms with E-state index in [-0.39, 0.29) is 11.5 Å². The zero-order valence-electron chi connectivity index (χ0n) is 10.1. The molecule has 1 fully saturated rings. The third kappa shape index (κ3) is 2.25. The van der Waals surface area contributed by atoms with E-state index in [1.165, 1.54) is 0 Å². The van der Waals surface area contributed by atoms with Crippen molar-refractivity contribution in [3.8, 4) is 6.07 Å². The minimum Gasteiger partial charge on any atom is -0.375 e. The predicted octanol–water partition coefficient (Wildman–Crippen LogP) is 3.38. The Hall–Kier alpha value is -1.33. The molecule has 1 unspecified atom stereocenters. The standard InChI is InChI=1S/C14H19NO/c1-4-7-12(8-5-2)13(16-3)14(11-15)9-6-10-14/h4-5,7-8,13H,1,6,9-10H2,2-3H3/b8-5-,12-7+. The lowest BCUT2D eigenvalue weighted by Crippen LogP contribution is -2.42. The molecule has 0 saturated heterocycles. The van der Waals surface area contributed by atoms with E-state index in [4.69, 9.17) is 4.74 Å². The number of allylic oxidation sites excluding steroid dienone is 3. The summed E-state index contributed by atoms with van der Waals surface area (Å²) in [5, 5.41) is 9.32. The number of nitrogens with zero attached hydrogens (tertiary/aromatic N) is 1. The number of methoxy groups -OCH3 is 1. The van der Waals surface area contributed by atoms with Crippen LogP contribution in [-0.4, -0.2) is 13.2 Å². The molecule has 2 nitrogen and oxygen atoms in total. The number of hydrogen-bond donors (Lipinski definition) is 0. The first kappa shape index (κ1) is 12.7. The molecule has 16 heavy (non-hydrogen) atoms. The van der Waals surface area contributed by atoms with Crippen LogP contribution in [0.3, 0.4) is 0 Å². The van der Waals surface area contributed by atoms with E-state index in [0.29, 0.717) is 0 Å². The smallest absolute Gasteiger partial charge is 0.101 e. The lowest BCUT2D eigenvalue weighted by molar-refractivity contribution is 0.00241. The van der Waals surface area contributed by atoms with Gasteiger partial charge in [-0.2, -0.15) is 5.26 Å². The van der Waals surface area contributed by atoms with Crippen molar-refractivity contribution in [3.05, 3.63) is 36.5 Å². The Labute approximate surface area is 97.9 Å². The third-order valence-electron chi connectivity index (χ3n) is 3.18. The van der Waals surface area contributed by atoms with Crippen LogP contribution < -0.4 is 0 Å². The highest BCUT2D eigenvalue weighted by Crippen LogP contribution is 2.46. The fourth-order valence-corrected chi connectivity index (χ4v) is 2.23. The maximum Gasteiger partial charge on any atom is 0.101 e. The van der Waals surface area contributed by atoms with Gasteiger partial charge in [0.15, 0.2) is 0 Å². The van der Waals surface area contributed by atoms with Crippen LogP contribution in [0, 0.1) is 16.7 Å². The molecule has 0 heterocycles. The maximum atomic E-state index is 9.32. The van der Waals surface area contributed by atoms with E-state index in [2.05, 4.69) is 12.6 Å². The molecular weight excluding hydrogens is 198 g/mol. The van der Waals surface area contributed by atoms with Gasteiger partial charge < -0.3 is 4.74 Å². The number of rotatable bonds is 5. The van der Waals surface area contributed by atoms with Crippen molar-refractivity contribution in [2.24, 2.45) is 5.41 Å². The van der Waals surface area contributed by atoms with Gasteiger partial charge in [0.25, 0.3) is 0 Å². The first-order chi connectivity index (χ1) is 7.74. The first-order valence-electron chi connectivity index (χ1n) is 5.63. The summed E-state index contributed by atoms with van der Waals surface area (Å²) in [6.07, 6.45) is 10.4. The third-order valence-corrected chi connectivity index (χ3v) is 3.18. The highest BCUT2D eigenvalue weighted by molar-refractivity contribution is 5.32. The first-order valence-corrected chi connectivity index (χ1v) is 5.63. The molecule has 0 bridgehead atoms. The van der Waals surface area contributed by atoms with Gasteiger partial charge in [0.2, 0.25) is 0 Å². The second-order valence-electron chi connectivity index (χ2n) is 4.14. The minimum atomic E-state index is -0.330. The van der Waals surface area contributed by atoms with Crippen LogP contribution in [0.25, 0.3) is 0 Å². The van der Waals surface area contributed by atoms with Crippen LogP contribution in [0.1, 0.15) is 26.2 Å². The Balaban J connectivity index is 3.00. The van der Waals surface area contributed by atoms with Gasteiger partial charge in [0.1, 0.15) is 6.10 Å². The largest absolute Gasteiger partial charge is 0.375 e. The van der Waals surface area contributed by atoms with Crippen LogP contribution in [0.5, 0.6) is 0 Å². The van der Waals surface area contributed by atoms with Gasteiger partial charge in [-0.3, -0.25) is 0 Å². The van der Waals surface area contributed by atoms with Crippen molar-refractivity contribution >= 4 is 0 Å². The highest BCUT2D eigenvalue weighted by atomic mass is 16.5. The van der Waals surface area contributed by atoms with Crippen molar-refractivity contribution in [2.45, 2.75) is 32.3 Å². The summed E-state index contributed by atoms with van der Waals surface area (Å²) in [5.74, 6) is 0. The summed E-state index contributed by atoms with van der Waals surface area (Å²) >= 11 is 0. The van der Waals surface area contributed by atoms with Gasteiger partial charge >= 0.3 is 0 Å². The van der Waals surface area contributed by atoms with Crippen LogP contribution in [-0.2, 0) is 4.74 Å². The van der Waals surface area contributed by atoms with Crippen LogP contribution >= 0.6 is 0 Å². The molecule has 86 valence electrons. The monoisotopic (exact) mass is 217 g/mol. The average Bonchev–Trinajstić information content (AvgIpc) is 2.23. The van der Waals surface area contributed by atoms with E-state index >= 15 is 0 Å². The lowest BCUT2D eigenvalue weighted by Gasteiger charge is -2.41. The maximum absolute atomic E-state index is 9.32. The zero-order valence-corrected chi connectivity index (χ0v) is 10.1. The molecule has 0 aromatic rings. The van der Waals surface area contributed by atoms with Gasteiger partial charge in [-0.25, -0.2) is 0 Å². The summed E-state index contributed by atoms with van der Waals surface area (Å²) in [6, 6.07) is 2.43. The normalized spacial score (nSPS) is 21.2. The topological polar surface area (TPSA) is 33.0 Å². The molecule has 0 spiro atoms. The molecule has 1 saturated carbocycles. The Kier molecular flexibility index (Phi) is 4.52. The molecule has 0 N–H and O–H groups in total. The quantitative estimate of drug-likeness (QED) is 0.661. The van der Waals surface area contributed by atoms with E-state index in [1.807, 2.05) is 25.2 Å². The molecular formula is C14H19NO. The molecule has 0 aliphatic heterocycles. The van der Waals surface area contributed by atoms with Crippen LogP contribution in [0.15, 0.2) is 36.5 Å². The van der Waals surface area contributed by atoms with E-state index in [0.717, 1.165) is 24.8 Å². The van der Waals surface area contributed by atoms with Crippen LogP contribution in [0.2, 0.25) is 0 Å². The van der Waals surface area contributed by atoms with Gasteiger partial charge in [-0.15, -0.1) is 0 Å². The zero-order chi connectivity index (χ0) is 12.0. The molecule has 1 atom stereocenters. The number of nitriles is 1. The SMILES string of the molecule is C=C/C=C(\C=C/C)C(OC)C1(C#N)CCC1. The summed E-state index contributed by atoms with van der Waals surface area (Å²) in [5.41, 5.74) is 0.699. The summed E-state index contributed by atoms with van der Waals surface area (Å²) in [4.78, 5) is 0. The Morgan fingerprint density at radius 1 is 1.56 bits per heavy atom. The molecule has 1 rings (SSSR count). The van der Waals surface area contributed by atoms with Crippen molar-refractivity contribution in [3.63, 3.8) is 0 Å². The average molecular weight is 217 g/mol. The molecule has 1 aliphatic rings. The van der Waals surface area contributed by atoms with Crippen molar-refractivity contribution in [1.82, 2.24) is 0 Å². The number of ether oxygens (including phenoxy) is 1. The van der Waals surface area contributed by atoms with Gasteiger partial charge in [-0.05, 0) is 25.3 Å². The molecule has 1 aliphatic carbocycles. The van der Waals surface area contributed by atoms with Gasteiger partial charge in [0.05, 0.1) is 11.5 Å². The Bertz CT molecular complexity index is 342. The summed E-state index contributed by atoms with van der Waals surface area (Å²) in [6.45, 7) is 5.66. The number of hydrogen-bond acceptors (Lipinski definition) is 2. The molecule has 0 aromatic carbocycles. The summed E-state index contributed by atoms with van der Waals surface area (Å²) in [7, 11) is 1.67. The summed E-state index contributed by atoms with van der Waals surface area (Å²) < 4.78 is 5.53. The second-order valence-corrected chi connectivity index (χ2v) is 4.14. The fraction of sp³-hybridized carbons (Fsp3) is 0.500. The van der Waals surface area contributed by atoms with Crippen molar-refractivity contribution in [2.75, 3.05) is 7.11 Å². The molecule has 0 radical (unpaired) electrons. The predicted molar refractivity (Wildman–Crippen MR) is 65.8 cm³/mol. The Morgan fingerprint density at radius 3 is 2.56 bits per heavy atom. The van der Waals surface area contributed by atoms with Crippen molar-refractivity contribution < 1.29 is 4.74 Å². The van der Waals surface area contributed by atoms with E-state index in [1.54, 1.807) is 13.2 Å². The lowest BCUT2D eigenvalue weighted by atomic mass is 9.64. The van der Waals surface area contributed by atoms with Crippen molar-refractivity contribution in [1.29, 1.82) is 5.26 Å². The molecule has 2 heteroatoms. The molecule has 0 aromatic heterocycles. The fourth-order valence-electron chi connectivity index (χ4n) is 2.23. The minimum absolute atomic E-state index is 0.138. The highest BCUT2D eigenvalue weighted by Gasteiger charge is 2.46. The van der Waals surface area contributed by atoms with Crippen LogP contribution in [0.4, 0.5) is 0 Å². The van der Waals surface area contributed by atoms with E-state index < -0.39 is 0 Å². The molecule has 0 amide bonds. The van der Waals surface area contributed by atoms with E-state index in [9.17, 15) is 5.26 Å². The second kappa shape index (κ2) is 5.67. The van der Waals surface area contributed by atoms with Gasteiger partial charge in [0, 0.05) is 7.11 Å². The van der Waals surface area contributed by atoms with Gasteiger partial charge in [-0.1, -0.05) is 37.3 Å².